The summed E-state index contributed by atoms with van der Waals surface area (Å²) in [6, 6.07) is 3.06. The van der Waals surface area contributed by atoms with E-state index in [-0.39, 0.29) is 10.4 Å². The molecule has 0 heterocycles. The molecule has 1 nitrogen and oxygen atoms in total. The first-order valence-electron chi connectivity index (χ1n) is 2.84. The van der Waals surface area contributed by atoms with Gasteiger partial charge in [0.2, 0.25) is 0 Å². The zero-order valence-electron chi connectivity index (χ0n) is 5.27. The average Bonchev–Trinajstić information content (AvgIpc) is 1.83. The predicted molar refractivity (Wildman–Crippen MR) is 43.6 cm³/mol. The molecule has 0 N–H and O–H groups in total. The van der Waals surface area contributed by atoms with Crippen LogP contribution in [0.1, 0.15) is 6.92 Å². The van der Waals surface area contributed by atoms with E-state index < -0.39 is 9.52 Å². The lowest BCUT2D eigenvalue weighted by molar-refractivity contribution is 0.840. The third kappa shape index (κ3) is 6.17. The van der Waals surface area contributed by atoms with Gasteiger partial charge in [0.25, 0.3) is 0 Å². The van der Waals surface area contributed by atoms with E-state index in [0.717, 1.165) is 6.04 Å². The molecule has 0 spiro atoms. The molecule has 0 bridgehead atoms. The molecule has 0 aliphatic heterocycles. The number of hydrogen-bond acceptors (Lipinski definition) is 1. The summed E-state index contributed by atoms with van der Waals surface area (Å²) in [5, 5.41) is 8.33. The highest BCUT2D eigenvalue weighted by Gasteiger charge is 2.03. The van der Waals surface area contributed by atoms with Gasteiger partial charge in [-0.15, -0.1) is 23.2 Å². The first-order chi connectivity index (χ1) is 4.16. The molecular weight excluding hydrogens is 173 g/mol. The molecule has 0 rings (SSSR count). The highest BCUT2D eigenvalue weighted by atomic mass is 35.5. The van der Waals surface area contributed by atoms with E-state index >= 15 is 0 Å². The van der Waals surface area contributed by atoms with Gasteiger partial charge in [-0.3, -0.25) is 0 Å². The summed E-state index contributed by atoms with van der Waals surface area (Å²) in [6.07, 6.45) is 0. The summed E-state index contributed by atoms with van der Waals surface area (Å²) >= 11 is 11.0. The molecule has 0 aromatic carbocycles. The van der Waals surface area contributed by atoms with Crippen molar-refractivity contribution in [1.82, 2.24) is 0 Å². The number of alkyl halides is 2. The highest BCUT2D eigenvalue weighted by Crippen LogP contribution is 2.06. The molecule has 0 radical (unpaired) electrons. The molecule has 1 atom stereocenters. The molecule has 0 aromatic rings. The molecule has 1 unspecified atom stereocenters. The number of nitriles is 1. The van der Waals surface area contributed by atoms with Gasteiger partial charge in [-0.2, -0.15) is 5.26 Å². The van der Waals surface area contributed by atoms with Crippen LogP contribution in [-0.2, 0) is 0 Å². The van der Waals surface area contributed by atoms with Gasteiger partial charge in [-0.1, -0.05) is 0 Å². The van der Waals surface area contributed by atoms with Gasteiger partial charge in [0.05, 0.1) is 20.0 Å². The van der Waals surface area contributed by atoms with Crippen molar-refractivity contribution in [3.63, 3.8) is 0 Å². The van der Waals surface area contributed by atoms with Crippen LogP contribution in [0.3, 0.4) is 0 Å². The minimum Gasteiger partial charge on any atom is -0.198 e. The van der Waals surface area contributed by atoms with Gasteiger partial charge in [-0.05, 0) is 13.0 Å². The fraction of sp³-hybridized carbons (Fsp3) is 0.800. The van der Waals surface area contributed by atoms with Gasteiger partial charge in [-0.25, -0.2) is 0 Å². The van der Waals surface area contributed by atoms with Crippen LogP contribution in [-0.4, -0.2) is 14.0 Å². The maximum absolute atomic E-state index is 8.33. The zero-order chi connectivity index (χ0) is 7.28. The van der Waals surface area contributed by atoms with Gasteiger partial charge in [0.1, 0.15) is 0 Å². The molecule has 0 fully saturated rings. The van der Waals surface area contributed by atoms with E-state index in [2.05, 4.69) is 6.07 Å². The summed E-state index contributed by atoms with van der Waals surface area (Å²) in [7, 11) is -0.404. The van der Waals surface area contributed by atoms with Crippen molar-refractivity contribution in [1.29, 1.82) is 5.26 Å². The van der Waals surface area contributed by atoms with Crippen LogP contribution in [0.25, 0.3) is 0 Å². The van der Waals surface area contributed by atoms with Crippen molar-refractivity contribution in [2.45, 2.75) is 17.4 Å². The second-order valence-electron chi connectivity index (χ2n) is 2.00. The Morgan fingerprint density at radius 1 is 1.67 bits per heavy atom. The molecule has 0 saturated heterocycles. The minimum absolute atomic E-state index is 0.136. The minimum atomic E-state index is -0.404. The summed E-state index contributed by atoms with van der Waals surface area (Å²) < 4.78 is -0.180. The topological polar surface area (TPSA) is 23.8 Å². The van der Waals surface area contributed by atoms with Crippen molar-refractivity contribution in [2.75, 3.05) is 0 Å². The van der Waals surface area contributed by atoms with Gasteiger partial charge >= 0.3 is 0 Å². The van der Waals surface area contributed by atoms with E-state index in [1.54, 1.807) is 0 Å². The summed E-state index contributed by atoms with van der Waals surface area (Å²) in [5.41, 5.74) is 0. The molecule has 0 amide bonds. The molecule has 0 aliphatic rings. The first kappa shape index (κ1) is 9.29. The largest absolute Gasteiger partial charge is 0.198 e. The standard InChI is InChI=1S/C5H9Cl2NSi/c1-4(2-8)3-9-5(6)7/h4-5H,3,9H2,1H3. The van der Waals surface area contributed by atoms with E-state index in [0.29, 0.717) is 0 Å². The van der Waals surface area contributed by atoms with Crippen LogP contribution in [0.2, 0.25) is 6.04 Å². The normalized spacial score (nSPS) is 14.6. The predicted octanol–water partition coefficient (Wildman–Crippen LogP) is 1.49. The number of hydrogen-bond donors (Lipinski definition) is 0. The Kier molecular flexibility index (Phi) is 5.26. The average molecular weight is 182 g/mol. The Morgan fingerprint density at radius 2 is 2.22 bits per heavy atom. The van der Waals surface area contributed by atoms with Crippen LogP contribution in [0.15, 0.2) is 0 Å². The second kappa shape index (κ2) is 5.10. The highest BCUT2D eigenvalue weighted by molar-refractivity contribution is 6.68. The molecule has 0 aromatic heterocycles. The summed E-state index contributed by atoms with van der Waals surface area (Å²) in [5.74, 6) is 0.136. The fourth-order valence-corrected chi connectivity index (χ4v) is 2.08. The lowest BCUT2D eigenvalue weighted by Gasteiger charge is -1.99. The lowest BCUT2D eigenvalue weighted by atomic mass is 10.3. The second-order valence-corrected chi connectivity index (χ2v) is 6.28. The van der Waals surface area contributed by atoms with Crippen LogP contribution in [0.4, 0.5) is 0 Å². The quantitative estimate of drug-likeness (QED) is 0.479. The monoisotopic (exact) mass is 181 g/mol. The lowest BCUT2D eigenvalue weighted by Crippen LogP contribution is -2.04. The van der Waals surface area contributed by atoms with Crippen molar-refractivity contribution in [2.24, 2.45) is 5.92 Å². The van der Waals surface area contributed by atoms with Crippen molar-refractivity contribution in [3.05, 3.63) is 0 Å². The Hall–Kier alpha value is 0.287. The van der Waals surface area contributed by atoms with Gasteiger partial charge in [0, 0.05) is 5.92 Å². The smallest absolute Gasteiger partial charge is 0.0908 e. The Bertz CT molecular complexity index is 110. The Labute approximate surface area is 67.8 Å². The maximum Gasteiger partial charge on any atom is 0.0908 e. The van der Waals surface area contributed by atoms with Gasteiger partial charge in [0.15, 0.2) is 0 Å². The molecule has 4 heteroatoms. The van der Waals surface area contributed by atoms with E-state index in [1.165, 1.54) is 0 Å². The van der Waals surface area contributed by atoms with Crippen molar-refractivity contribution in [3.8, 4) is 6.07 Å². The van der Waals surface area contributed by atoms with Crippen LogP contribution in [0, 0.1) is 17.2 Å². The van der Waals surface area contributed by atoms with Crippen molar-refractivity contribution < 1.29 is 0 Å². The maximum atomic E-state index is 8.33. The third-order valence-electron chi connectivity index (χ3n) is 1.04. The summed E-state index contributed by atoms with van der Waals surface area (Å²) in [4.78, 5) is 0. The van der Waals surface area contributed by atoms with Gasteiger partial charge < -0.3 is 0 Å². The zero-order valence-corrected chi connectivity index (χ0v) is 8.20. The van der Waals surface area contributed by atoms with Crippen LogP contribution in [0.5, 0.6) is 0 Å². The van der Waals surface area contributed by atoms with Crippen LogP contribution < -0.4 is 0 Å². The molecular formula is C5H9Cl2NSi. The van der Waals surface area contributed by atoms with Crippen LogP contribution >= 0.6 is 23.2 Å². The van der Waals surface area contributed by atoms with E-state index in [1.807, 2.05) is 6.92 Å². The molecule has 9 heavy (non-hydrogen) atoms. The third-order valence-corrected chi connectivity index (χ3v) is 3.98. The Morgan fingerprint density at radius 3 is 2.56 bits per heavy atom. The number of halogens is 2. The molecule has 0 saturated carbocycles. The number of rotatable bonds is 3. The van der Waals surface area contributed by atoms with E-state index in [9.17, 15) is 0 Å². The SMILES string of the molecule is CC(C#N)C[SiH2]C(Cl)Cl. The Balaban J connectivity index is 3.19. The molecule has 0 aliphatic carbocycles. The summed E-state index contributed by atoms with van der Waals surface area (Å²) in [6.45, 7) is 1.89. The fourth-order valence-electron chi connectivity index (χ4n) is 0.441. The van der Waals surface area contributed by atoms with Crippen molar-refractivity contribution >= 4 is 32.7 Å². The number of nitrogens with zero attached hydrogens (tertiary/aromatic N) is 1. The first-order valence-corrected chi connectivity index (χ1v) is 5.53. The van der Waals surface area contributed by atoms with E-state index in [4.69, 9.17) is 28.5 Å². The molecule has 52 valence electrons.